The van der Waals surface area contributed by atoms with Crippen molar-refractivity contribution in [3.8, 4) is 0 Å². The zero-order valence-electron chi connectivity index (χ0n) is 16.5. The third kappa shape index (κ3) is 4.11. The van der Waals surface area contributed by atoms with E-state index in [2.05, 4.69) is 25.9 Å². The number of rotatable bonds is 6. The Morgan fingerprint density at radius 3 is 1.82 bits per heavy atom. The Kier molecular flexibility index (Phi) is 5.30. The molecule has 0 unspecified atom stereocenters. The van der Waals surface area contributed by atoms with E-state index in [1.165, 1.54) is 10.9 Å². The highest BCUT2D eigenvalue weighted by molar-refractivity contribution is 6.13. The third-order valence-corrected chi connectivity index (χ3v) is 4.05. The summed E-state index contributed by atoms with van der Waals surface area (Å²) in [4.78, 5) is 25.3. The average Bonchev–Trinajstić information content (AvgIpc) is 3.34. The van der Waals surface area contributed by atoms with E-state index < -0.39 is 11.8 Å². The Balaban J connectivity index is 1.77. The van der Waals surface area contributed by atoms with Gasteiger partial charge >= 0.3 is 0 Å². The lowest BCUT2D eigenvalue weighted by Crippen LogP contribution is -2.20. The molecule has 0 atom stereocenters. The number of aromatic nitrogens is 6. The van der Waals surface area contributed by atoms with Gasteiger partial charge in [-0.05, 0) is 27.7 Å². The van der Waals surface area contributed by atoms with Crippen LogP contribution in [0.3, 0.4) is 0 Å². The smallest absolute Gasteiger partial charge is 0.278 e. The van der Waals surface area contributed by atoms with Crippen molar-refractivity contribution < 1.29 is 9.59 Å². The molecule has 3 aromatic rings. The lowest BCUT2D eigenvalue weighted by atomic mass is 10.2. The van der Waals surface area contributed by atoms with Crippen molar-refractivity contribution >= 4 is 23.5 Å². The summed E-state index contributed by atoms with van der Waals surface area (Å²) in [5.41, 5.74) is 0.171. The second kappa shape index (κ2) is 7.67. The lowest BCUT2D eigenvalue weighted by molar-refractivity contribution is 0.0987. The van der Waals surface area contributed by atoms with Crippen molar-refractivity contribution in [2.45, 2.75) is 39.8 Å². The number of anilines is 2. The molecule has 0 aliphatic rings. The first-order valence-electron chi connectivity index (χ1n) is 9.01. The largest absolute Gasteiger partial charge is 0.305 e. The molecule has 0 saturated heterocycles. The van der Waals surface area contributed by atoms with Gasteiger partial charge in [-0.1, -0.05) is 0 Å². The summed E-state index contributed by atoms with van der Waals surface area (Å²) in [5, 5.41) is 18.1. The maximum absolute atomic E-state index is 12.7. The maximum Gasteiger partial charge on any atom is 0.278 e. The number of aryl methyl sites for hydroxylation is 1. The highest BCUT2D eigenvalue weighted by Crippen LogP contribution is 2.15. The summed E-state index contributed by atoms with van der Waals surface area (Å²) in [5.74, 6) is -0.164. The van der Waals surface area contributed by atoms with Gasteiger partial charge in [0.2, 0.25) is 0 Å². The van der Waals surface area contributed by atoms with Crippen molar-refractivity contribution in [2.24, 2.45) is 7.05 Å². The summed E-state index contributed by atoms with van der Waals surface area (Å²) < 4.78 is 4.88. The number of hydrogen-bond acceptors (Lipinski definition) is 5. The van der Waals surface area contributed by atoms with Crippen LogP contribution in [0.1, 0.15) is 60.6 Å². The number of carbonyl (C=O) groups is 2. The van der Waals surface area contributed by atoms with Crippen molar-refractivity contribution in [1.82, 2.24) is 29.3 Å². The third-order valence-electron chi connectivity index (χ3n) is 4.05. The molecule has 0 aromatic carbocycles. The molecular formula is C18H24N8O2. The zero-order chi connectivity index (χ0) is 20.4. The Labute approximate surface area is 162 Å². The molecule has 3 heterocycles. The van der Waals surface area contributed by atoms with Gasteiger partial charge in [0.1, 0.15) is 0 Å². The van der Waals surface area contributed by atoms with Gasteiger partial charge in [-0.2, -0.15) is 15.3 Å². The summed E-state index contributed by atoms with van der Waals surface area (Å²) in [7, 11) is 1.65. The molecule has 0 saturated carbocycles. The Bertz CT molecular complexity index is 917. The van der Waals surface area contributed by atoms with E-state index in [4.69, 9.17) is 0 Å². The molecule has 0 aliphatic heterocycles. The molecule has 10 heteroatoms. The Morgan fingerprint density at radius 1 is 0.857 bits per heavy atom. The first-order valence-corrected chi connectivity index (χ1v) is 9.01. The molecule has 0 bridgehead atoms. The quantitative estimate of drug-likeness (QED) is 0.678. The molecule has 28 heavy (non-hydrogen) atoms. The highest BCUT2D eigenvalue weighted by Gasteiger charge is 2.23. The van der Waals surface area contributed by atoms with Crippen LogP contribution in [-0.2, 0) is 7.05 Å². The predicted molar refractivity (Wildman–Crippen MR) is 104 cm³/mol. The van der Waals surface area contributed by atoms with Crippen molar-refractivity contribution in [3.05, 3.63) is 42.0 Å². The van der Waals surface area contributed by atoms with Gasteiger partial charge in [0, 0.05) is 49.9 Å². The maximum atomic E-state index is 12.7. The topological polar surface area (TPSA) is 112 Å². The van der Waals surface area contributed by atoms with E-state index in [0.29, 0.717) is 11.6 Å². The summed E-state index contributed by atoms with van der Waals surface area (Å²) in [6, 6.07) is 3.75. The van der Waals surface area contributed by atoms with E-state index in [9.17, 15) is 9.59 Å². The molecule has 3 rings (SSSR count). The van der Waals surface area contributed by atoms with Crippen LogP contribution in [0, 0.1) is 0 Å². The van der Waals surface area contributed by atoms with Crippen LogP contribution in [-0.4, -0.2) is 41.2 Å². The number of nitrogens with one attached hydrogen (secondary N) is 2. The molecule has 0 fully saturated rings. The minimum Gasteiger partial charge on any atom is -0.305 e. The number of nitrogens with zero attached hydrogens (tertiary/aromatic N) is 6. The van der Waals surface area contributed by atoms with Gasteiger partial charge in [-0.25, -0.2) is 0 Å². The lowest BCUT2D eigenvalue weighted by Gasteiger charge is -2.05. The summed E-state index contributed by atoms with van der Waals surface area (Å²) >= 11 is 0. The molecule has 2 N–H and O–H groups in total. The zero-order valence-corrected chi connectivity index (χ0v) is 16.5. The van der Waals surface area contributed by atoms with E-state index >= 15 is 0 Å². The average molecular weight is 384 g/mol. The number of hydrogen-bond donors (Lipinski definition) is 2. The number of carbonyl (C=O) groups excluding carboxylic acids is 2. The number of amides is 2. The van der Waals surface area contributed by atoms with Gasteiger partial charge in [0.25, 0.3) is 11.8 Å². The van der Waals surface area contributed by atoms with Gasteiger partial charge in [-0.3, -0.25) is 23.6 Å². The fourth-order valence-electron chi connectivity index (χ4n) is 2.57. The predicted octanol–water partition coefficient (Wildman–Crippen LogP) is 2.48. The molecule has 10 nitrogen and oxygen atoms in total. The van der Waals surface area contributed by atoms with Crippen LogP contribution in [0.25, 0.3) is 0 Å². The SMILES string of the molecule is CC(C)n1ccc(NC(=O)c2cn(C)nc2C(=O)Nc2ccn(C(C)C)n2)n1. The van der Waals surface area contributed by atoms with E-state index in [1.807, 2.05) is 27.7 Å². The molecule has 148 valence electrons. The fraction of sp³-hybridized carbons (Fsp3) is 0.389. The van der Waals surface area contributed by atoms with E-state index in [-0.39, 0.29) is 23.3 Å². The molecule has 0 radical (unpaired) electrons. The van der Waals surface area contributed by atoms with Crippen LogP contribution in [0.5, 0.6) is 0 Å². The van der Waals surface area contributed by atoms with Crippen molar-refractivity contribution in [3.63, 3.8) is 0 Å². The van der Waals surface area contributed by atoms with Gasteiger partial charge in [0.05, 0.1) is 5.56 Å². The second-order valence-corrected chi connectivity index (χ2v) is 7.02. The molecule has 3 aromatic heterocycles. The second-order valence-electron chi connectivity index (χ2n) is 7.02. The van der Waals surface area contributed by atoms with Crippen LogP contribution < -0.4 is 10.6 Å². The van der Waals surface area contributed by atoms with E-state index in [1.54, 1.807) is 40.9 Å². The summed E-state index contributed by atoms with van der Waals surface area (Å²) in [6.45, 7) is 7.95. The van der Waals surface area contributed by atoms with Gasteiger partial charge in [-0.15, -0.1) is 0 Å². The van der Waals surface area contributed by atoms with Gasteiger partial charge in [0.15, 0.2) is 17.3 Å². The van der Waals surface area contributed by atoms with Gasteiger partial charge < -0.3 is 10.6 Å². The van der Waals surface area contributed by atoms with Crippen LogP contribution >= 0.6 is 0 Å². The van der Waals surface area contributed by atoms with Crippen molar-refractivity contribution in [1.29, 1.82) is 0 Å². The van der Waals surface area contributed by atoms with Crippen LogP contribution in [0.15, 0.2) is 30.7 Å². The summed E-state index contributed by atoms with van der Waals surface area (Å²) in [6.07, 6.45) is 5.05. The Morgan fingerprint density at radius 2 is 1.36 bits per heavy atom. The first-order chi connectivity index (χ1) is 13.2. The fourth-order valence-corrected chi connectivity index (χ4v) is 2.57. The monoisotopic (exact) mass is 384 g/mol. The normalized spacial score (nSPS) is 11.2. The molecule has 2 amide bonds. The highest BCUT2D eigenvalue weighted by atomic mass is 16.2. The molecule has 0 aliphatic carbocycles. The van der Waals surface area contributed by atoms with Crippen LogP contribution in [0.2, 0.25) is 0 Å². The first kappa shape index (κ1) is 19.3. The minimum absolute atomic E-state index is 0.0161. The molecule has 0 spiro atoms. The minimum atomic E-state index is -0.507. The molecular weight excluding hydrogens is 360 g/mol. The van der Waals surface area contributed by atoms with E-state index in [0.717, 1.165) is 0 Å². The standard InChI is InChI=1S/C18H24N8O2/c1-11(2)25-8-6-14(21-25)19-17(27)13-10-24(5)23-16(13)18(28)20-15-7-9-26(22-15)12(3)4/h6-12H,1-5H3,(H,19,21,27)(H,20,22,28). The Hall–Kier alpha value is -3.43. The van der Waals surface area contributed by atoms with Crippen molar-refractivity contribution in [2.75, 3.05) is 10.6 Å². The van der Waals surface area contributed by atoms with Crippen LogP contribution in [0.4, 0.5) is 11.6 Å².